The van der Waals surface area contributed by atoms with Crippen LogP contribution in [0.4, 0.5) is 0 Å². The summed E-state index contributed by atoms with van der Waals surface area (Å²) in [5, 5.41) is 3.63. The van der Waals surface area contributed by atoms with Crippen LogP contribution in [0.3, 0.4) is 0 Å². The molecule has 1 aromatic heterocycles. The van der Waals surface area contributed by atoms with Gasteiger partial charge in [-0.05, 0) is 42.8 Å². The number of aromatic nitrogens is 1. The van der Waals surface area contributed by atoms with Crippen molar-refractivity contribution in [3.8, 4) is 11.5 Å². The Hall–Kier alpha value is -2.80. The Kier molecular flexibility index (Phi) is 4.61. The quantitative estimate of drug-likeness (QED) is 0.668. The number of ether oxygens (including phenoxy) is 2. The monoisotopic (exact) mass is 428 g/mol. The number of aromatic amines is 1. The summed E-state index contributed by atoms with van der Waals surface area (Å²) >= 11 is 3.41. The molecule has 0 fully saturated rings. The van der Waals surface area contributed by atoms with Crippen LogP contribution >= 0.6 is 15.9 Å². The highest BCUT2D eigenvalue weighted by molar-refractivity contribution is 9.10. The van der Waals surface area contributed by atoms with Crippen LogP contribution in [0.1, 0.15) is 28.9 Å². The van der Waals surface area contributed by atoms with Gasteiger partial charge in [0.1, 0.15) is 13.2 Å². The van der Waals surface area contributed by atoms with Gasteiger partial charge in [0.05, 0.1) is 11.6 Å². The van der Waals surface area contributed by atoms with Crippen LogP contribution in [-0.4, -0.2) is 24.1 Å². The van der Waals surface area contributed by atoms with E-state index in [0.717, 1.165) is 10.0 Å². The number of amides is 1. The lowest BCUT2D eigenvalue weighted by atomic mass is 10.1. The molecule has 138 valence electrons. The van der Waals surface area contributed by atoms with Crippen LogP contribution in [0.5, 0.6) is 11.5 Å². The zero-order valence-corrected chi connectivity index (χ0v) is 16.1. The molecule has 0 saturated carbocycles. The predicted octanol–water partition coefficient (Wildman–Crippen LogP) is 3.55. The fraction of sp³-hybridized carbons (Fsp3) is 0.200. The first-order chi connectivity index (χ1) is 13.0. The van der Waals surface area contributed by atoms with Crippen LogP contribution in [0.15, 0.2) is 51.7 Å². The molecule has 1 atom stereocenters. The molecule has 4 rings (SSSR count). The first-order valence-electron chi connectivity index (χ1n) is 8.54. The van der Waals surface area contributed by atoms with Gasteiger partial charge in [0, 0.05) is 21.4 Å². The van der Waals surface area contributed by atoms with Crippen LogP contribution in [0.25, 0.3) is 10.9 Å². The highest BCUT2D eigenvalue weighted by Gasteiger charge is 2.18. The van der Waals surface area contributed by atoms with E-state index in [0.29, 0.717) is 41.2 Å². The second kappa shape index (κ2) is 7.08. The number of carbonyl (C=O) groups excluding carboxylic acids is 1. The summed E-state index contributed by atoms with van der Waals surface area (Å²) in [4.78, 5) is 27.5. The number of H-pyrrole nitrogens is 1. The van der Waals surface area contributed by atoms with E-state index >= 15 is 0 Å². The number of rotatable bonds is 3. The van der Waals surface area contributed by atoms with Gasteiger partial charge in [-0.2, -0.15) is 0 Å². The maximum Gasteiger partial charge on any atom is 0.252 e. The van der Waals surface area contributed by atoms with Crippen molar-refractivity contribution in [1.82, 2.24) is 10.3 Å². The third kappa shape index (κ3) is 3.55. The predicted molar refractivity (Wildman–Crippen MR) is 106 cm³/mol. The molecular weight excluding hydrogens is 412 g/mol. The summed E-state index contributed by atoms with van der Waals surface area (Å²) in [5.74, 6) is 1.06. The minimum absolute atomic E-state index is 0.269. The highest BCUT2D eigenvalue weighted by atomic mass is 79.9. The van der Waals surface area contributed by atoms with Gasteiger partial charge in [0.15, 0.2) is 11.5 Å². The van der Waals surface area contributed by atoms with Gasteiger partial charge in [-0.15, -0.1) is 0 Å². The van der Waals surface area contributed by atoms with Gasteiger partial charge in [-0.1, -0.05) is 22.0 Å². The Balaban J connectivity index is 1.63. The summed E-state index contributed by atoms with van der Waals surface area (Å²) in [7, 11) is 0. The smallest absolute Gasteiger partial charge is 0.252 e. The fourth-order valence-electron chi connectivity index (χ4n) is 3.10. The fourth-order valence-corrected chi connectivity index (χ4v) is 3.46. The van der Waals surface area contributed by atoms with Crippen molar-refractivity contribution >= 4 is 32.7 Å². The van der Waals surface area contributed by atoms with Crippen molar-refractivity contribution in [1.29, 1.82) is 0 Å². The topological polar surface area (TPSA) is 80.4 Å². The molecule has 0 aliphatic carbocycles. The molecule has 27 heavy (non-hydrogen) atoms. The van der Waals surface area contributed by atoms with E-state index in [2.05, 4.69) is 26.2 Å². The van der Waals surface area contributed by atoms with E-state index < -0.39 is 0 Å². The zero-order valence-electron chi connectivity index (χ0n) is 14.5. The Morgan fingerprint density at radius 2 is 1.89 bits per heavy atom. The minimum Gasteiger partial charge on any atom is -0.486 e. The number of carbonyl (C=O) groups is 1. The minimum atomic E-state index is -0.318. The third-order valence-corrected chi connectivity index (χ3v) is 4.96. The number of nitrogens with one attached hydrogen (secondary N) is 2. The van der Waals surface area contributed by atoms with Crippen LogP contribution in [-0.2, 0) is 0 Å². The average Bonchev–Trinajstić information content (AvgIpc) is 2.67. The Morgan fingerprint density at radius 3 is 2.70 bits per heavy atom. The molecule has 7 heteroatoms. The van der Waals surface area contributed by atoms with E-state index in [1.807, 2.05) is 37.3 Å². The van der Waals surface area contributed by atoms with E-state index in [1.165, 1.54) is 6.07 Å². The summed E-state index contributed by atoms with van der Waals surface area (Å²) in [6, 6.07) is 12.0. The molecule has 2 aromatic carbocycles. The molecule has 0 radical (unpaired) electrons. The van der Waals surface area contributed by atoms with E-state index in [9.17, 15) is 9.59 Å². The van der Waals surface area contributed by atoms with Crippen molar-refractivity contribution in [3.05, 3.63) is 68.4 Å². The van der Waals surface area contributed by atoms with Crippen molar-refractivity contribution in [2.75, 3.05) is 13.2 Å². The SMILES string of the molecule is C[C@@H](NC(=O)c1cc(=O)[nH]c2ccc(Br)cc12)c1ccc2c(c1)OCCO2. The van der Waals surface area contributed by atoms with Crippen molar-refractivity contribution in [3.63, 3.8) is 0 Å². The number of hydrogen-bond donors (Lipinski definition) is 2. The van der Waals surface area contributed by atoms with Crippen molar-refractivity contribution in [2.45, 2.75) is 13.0 Å². The van der Waals surface area contributed by atoms with Gasteiger partial charge >= 0.3 is 0 Å². The summed E-state index contributed by atoms with van der Waals surface area (Å²) < 4.78 is 12.0. The molecule has 6 nitrogen and oxygen atoms in total. The molecule has 1 aliphatic rings. The molecule has 2 heterocycles. The van der Waals surface area contributed by atoms with Gasteiger partial charge in [0.25, 0.3) is 5.91 Å². The lowest BCUT2D eigenvalue weighted by Gasteiger charge is -2.21. The van der Waals surface area contributed by atoms with E-state index in [-0.39, 0.29) is 17.5 Å². The first kappa shape index (κ1) is 17.6. The van der Waals surface area contributed by atoms with Crippen molar-refractivity contribution in [2.24, 2.45) is 0 Å². The molecule has 0 saturated heterocycles. The maximum atomic E-state index is 12.9. The van der Waals surface area contributed by atoms with Gasteiger partial charge in [-0.3, -0.25) is 9.59 Å². The molecule has 1 amide bonds. The molecule has 2 N–H and O–H groups in total. The largest absolute Gasteiger partial charge is 0.486 e. The number of benzene rings is 2. The third-order valence-electron chi connectivity index (χ3n) is 4.46. The van der Waals surface area contributed by atoms with Gasteiger partial charge < -0.3 is 19.8 Å². The highest BCUT2D eigenvalue weighted by Crippen LogP contribution is 2.32. The second-order valence-corrected chi connectivity index (χ2v) is 7.25. The normalized spacial score (nSPS) is 14.0. The summed E-state index contributed by atoms with van der Waals surface area (Å²) in [6.07, 6.45) is 0. The van der Waals surface area contributed by atoms with Crippen LogP contribution in [0.2, 0.25) is 0 Å². The molecule has 0 spiro atoms. The average molecular weight is 429 g/mol. The number of fused-ring (bicyclic) bond motifs is 2. The second-order valence-electron chi connectivity index (χ2n) is 6.34. The van der Waals surface area contributed by atoms with Gasteiger partial charge in [-0.25, -0.2) is 0 Å². The van der Waals surface area contributed by atoms with Crippen LogP contribution in [0, 0.1) is 0 Å². The Labute approximate surface area is 163 Å². The molecular formula is C20H17BrN2O4. The molecule has 3 aromatic rings. The standard InChI is InChI=1S/C20H17BrN2O4/c1-11(12-2-5-17-18(8-12)27-7-6-26-17)22-20(25)15-10-19(24)23-16-4-3-13(21)9-14(15)16/h2-5,8-11H,6-7H2,1H3,(H,22,25)(H,23,24)/t11-/m1/s1. The first-order valence-corrected chi connectivity index (χ1v) is 9.33. The van der Waals surface area contributed by atoms with E-state index in [1.54, 1.807) is 6.07 Å². The van der Waals surface area contributed by atoms with E-state index in [4.69, 9.17) is 9.47 Å². The number of hydrogen-bond acceptors (Lipinski definition) is 4. The zero-order chi connectivity index (χ0) is 19.0. The molecule has 0 bridgehead atoms. The lowest BCUT2D eigenvalue weighted by molar-refractivity contribution is 0.0941. The molecule has 1 aliphatic heterocycles. The number of halogens is 1. The Bertz CT molecular complexity index is 1090. The summed E-state index contributed by atoms with van der Waals surface area (Å²) in [5.41, 5.74) is 1.52. The lowest BCUT2D eigenvalue weighted by Crippen LogP contribution is -2.28. The molecule has 0 unspecified atom stereocenters. The van der Waals surface area contributed by atoms with Crippen LogP contribution < -0.4 is 20.3 Å². The Morgan fingerprint density at radius 1 is 1.11 bits per heavy atom. The maximum absolute atomic E-state index is 12.9. The van der Waals surface area contributed by atoms with Gasteiger partial charge in [0.2, 0.25) is 5.56 Å². The number of pyridine rings is 1. The van der Waals surface area contributed by atoms with Crippen molar-refractivity contribution < 1.29 is 14.3 Å². The summed E-state index contributed by atoms with van der Waals surface area (Å²) in [6.45, 7) is 2.92.